The third-order valence-electron chi connectivity index (χ3n) is 10.6. The van der Waals surface area contributed by atoms with Crippen LogP contribution < -0.4 is 0 Å². The first-order valence-electron chi connectivity index (χ1n) is 14.3. The van der Waals surface area contributed by atoms with Gasteiger partial charge in [-0.3, -0.25) is 0 Å². The molecule has 36 heavy (non-hydrogen) atoms. The van der Waals surface area contributed by atoms with Gasteiger partial charge in [0.2, 0.25) is 0 Å². The largest absolute Gasteiger partial charge is 0.458 e. The topological polar surface area (TPSA) is 66.8 Å². The van der Waals surface area contributed by atoms with Gasteiger partial charge in [-0.15, -0.1) is 0 Å². The molecule has 4 nitrogen and oxygen atoms in total. The van der Waals surface area contributed by atoms with E-state index in [0.29, 0.717) is 29.7 Å². The number of hydrogen-bond acceptors (Lipinski definition) is 4. The molecular weight excluding hydrogens is 448 g/mol. The Balaban J connectivity index is 1.49. The Kier molecular flexibility index (Phi) is 7.80. The van der Waals surface area contributed by atoms with Gasteiger partial charge in [0.15, 0.2) is 0 Å². The number of esters is 1. The molecule has 4 heteroatoms. The molecule has 3 aliphatic carbocycles. The van der Waals surface area contributed by atoms with E-state index in [0.717, 1.165) is 36.8 Å². The van der Waals surface area contributed by atoms with Gasteiger partial charge in [0.05, 0.1) is 12.2 Å². The van der Waals surface area contributed by atoms with Crippen LogP contribution in [0.5, 0.6) is 0 Å². The number of cyclic esters (lactones) is 1. The van der Waals surface area contributed by atoms with E-state index in [-0.39, 0.29) is 28.8 Å². The molecule has 0 amide bonds. The highest BCUT2D eigenvalue weighted by Gasteiger charge is 2.53. The van der Waals surface area contributed by atoms with Crippen molar-refractivity contribution in [2.75, 3.05) is 0 Å². The van der Waals surface area contributed by atoms with E-state index < -0.39 is 12.2 Å². The summed E-state index contributed by atoms with van der Waals surface area (Å²) < 4.78 is 5.76. The monoisotopic (exact) mass is 496 g/mol. The third kappa shape index (κ3) is 4.69. The Bertz CT molecular complexity index is 955. The molecule has 2 N–H and O–H groups in total. The van der Waals surface area contributed by atoms with Gasteiger partial charge in [0.1, 0.15) is 6.10 Å². The minimum absolute atomic E-state index is 0.0924. The van der Waals surface area contributed by atoms with Crippen LogP contribution in [0.15, 0.2) is 47.6 Å². The second kappa shape index (κ2) is 10.3. The third-order valence-corrected chi connectivity index (χ3v) is 10.6. The number of fused-ring (bicyclic) bond motifs is 1. The minimum atomic E-state index is -0.656. The first kappa shape index (κ1) is 27.4. The minimum Gasteiger partial charge on any atom is -0.458 e. The normalized spacial score (nSPS) is 41.6. The van der Waals surface area contributed by atoms with Crippen LogP contribution in [-0.4, -0.2) is 34.5 Å². The van der Waals surface area contributed by atoms with Crippen LogP contribution in [0, 0.1) is 34.5 Å². The average molecular weight is 497 g/mol. The van der Waals surface area contributed by atoms with Gasteiger partial charge >= 0.3 is 5.97 Å². The van der Waals surface area contributed by atoms with Crippen molar-refractivity contribution < 1.29 is 19.7 Å². The lowest BCUT2D eigenvalue weighted by atomic mass is 9.60. The van der Waals surface area contributed by atoms with Gasteiger partial charge in [-0.1, -0.05) is 71.9 Å². The summed E-state index contributed by atoms with van der Waals surface area (Å²) in [5.74, 6) is 1.29. The maximum atomic E-state index is 12.2. The summed E-state index contributed by atoms with van der Waals surface area (Å²) in [6.07, 6.45) is 12.4. The predicted octanol–water partition coefficient (Wildman–Crippen LogP) is 6.69. The van der Waals surface area contributed by atoms with Gasteiger partial charge in [0, 0.05) is 16.9 Å². The molecule has 0 spiro atoms. The Morgan fingerprint density at radius 1 is 1.17 bits per heavy atom. The molecule has 0 aromatic heterocycles. The van der Waals surface area contributed by atoms with Gasteiger partial charge in [0.25, 0.3) is 0 Å². The molecular formula is C32H48O4. The van der Waals surface area contributed by atoms with Crippen molar-refractivity contribution in [3.8, 4) is 0 Å². The molecule has 1 saturated heterocycles. The van der Waals surface area contributed by atoms with E-state index in [4.69, 9.17) is 4.74 Å². The maximum absolute atomic E-state index is 12.2. The number of aliphatic hydroxyl groups excluding tert-OH is 2. The fourth-order valence-corrected chi connectivity index (χ4v) is 8.10. The van der Waals surface area contributed by atoms with Crippen LogP contribution in [-0.2, 0) is 9.53 Å². The number of carbonyl (C=O) groups is 1. The van der Waals surface area contributed by atoms with Crippen LogP contribution in [0.3, 0.4) is 0 Å². The Labute approximate surface area is 218 Å². The summed E-state index contributed by atoms with van der Waals surface area (Å²) in [4.78, 5) is 12.2. The summed E-state index contributed by atoms with van der Waals surface area (Å²) in [5.41, 5.74) is 3.84. The van der Waals surface area contributed by atoms with Crippen molar-refractivity contribution in [2.24, 2.45) is 34.5 Å². The lowest BCUT2D eigenvalue weighted by molar-refractivity contribution is -0.140. The van der Waals surface area contributed by atoms with E-state index in [2.05, 4.69) is 59.9 Å². The number of carbonyl (C=O) groups excluding carboxylic acids is 1. The molecule has 3 saturated carbocycles. The van der Waals surface area contributed by atoms with Gasteiger partial charge in [-0.05, 0) is 85.7 Å². The summed E-state index contributed by atoms with van der Waals surface area (Å²) >= 11 is 0. The first-order chi connectivity index (χ1) is 16.9. The SMILES string of the molecule is C=C1/C(=C\C=C2/CCC[C@]3(C)[C@@H]([C@H](C)C[C@@H]4OC(=O)C(=C)C4(C)C)CC[C@@H]23)C[C@@H](O)[C@H](CCC)[C@@H]1O. The Morgan fingerprint density at radius 3 is 2.53 bits per heavy atom. The lowest BCUT2D eigenvalue weighted by Gasteiger charge is -2.45. The zero-order chi connectivity index (χ0) is 26.4. The van der Waals surface area contributed by atoms with Gasteiger partial charge in [-0.25, -0.2) is 4.79 Å². The van der Waals surface area contributed by atoms with Crippen molar-refractivity contribution in [1.82, 2.24) is 0 Å². The van der Waals surface area contributed by atoms with Crippen LogP contribution >= 0.6 is 0 Å². The summed E-state index contributed by atoms with van der Waals surface area (Å²) in [5, 5.41) is 21.4. The molecule has 200 valence electrons. The molecule has 0 bridgehead atoms. The Hall–Kier alpha value is -1.65. The van der Waals surface area contributed by atoms with Crippen molar-refractivity contribution in [1.29, 1.82) is 0 Å². The van der Waals surface area contributed by atoms with Crippen LogP contribution in [0.2, 0.25) is 0 Å². The summed E-state index contributed by atoms with van der Waals surface area (Å²) in [6.45, 7) is 19.3. The molecule has 4 rings (SSSR count). The second-order valence-corrected chi connectivity index (χ2v) is 13.0. The highest BCUT2D eigenvalue weighted by Crippen LogP contribution is 2.60. The van der Waals surface area contributed by atoms with E-state index in [1.165, 1.54) is 31.3 Å². The Morgan fingerprint density at radius 2 is 1.89 bits per heavy atom. The molecule has 0 aromatic rings. The van der Waals surface area contributed by atoms with Crippen molar-refractivity contribution in [2.45, 2.75) is 111 Å². The molecule has 1 heterocycles. The van der Waals surface area contributed by atoms with Crippen molar-refractivity contribution in [3.63, 3.8) is 0 Å². The number of rotatable bonds is 6. The highest BCUT2D eigenvalue weighted by molar-refractivity contribution is 5.91. The predicted molar refractivity (Wildman–Crippen MR) is 145 cm³/mol. The molecule has 1 aliphatic heterocycles. The van der Waals surface area contributed by atoms with E-state index in [1.807, 2.05) is 0 Å². The number of aliphatic hydroxyl groups is 2. The zero-order valence-corrected chi connectivity index (χ0v) is 23.2. The highest BCUT2D eigenvalue weighted by atomic mass is 16.6. The number of hydrogen-bond donors (Lipinski definition) is 2. The van der Waals surface area contributed by atoms with E-state index in [1.54, 1.807) is 0 Å². The maximum Gasteiger partial charge on any atom is 0.334 e. The number of allylic oxidation sites excluding steroid dienone is 3. The fraction of sp³-hybridized carbons (Fsp3) is 0.719. The quantitative estimate of drug-likeness (QED) is 0.318. The van der Waals surface area contributed by atoms with Crippen LogP contribution in [0.4, 0.5) is 0 Å². The van der Waals surface area contributed by atoms with E-state index in [9.17, 15) is 15.0 Å². The average Bonchev–Trinajstić information content (AvgIpc) is 3.27. The standard InChI is InChI=1S/C32H48O4/c1-8-10-24-27(33)18-23(20(3)29(24)34)13-12-22-11-9-16-32(7)25(14-15-26(22)32)19(2)17-28-31(5,6)21(4)30(35)36-28/h12-13,19,24-29,33-34H,3-4,8-11,14-18H2,1-2,5-7H3/b22-12+,23-13-/t19-,24+,25-,26+,27-,28+,29-,32-/m1/s1. The smallest absolute Gasteiger partial charge is 0.334 e. The lowest BCUT2D eigenvalue weighted by Crippen LogP contribution is -2.38. The van der Waals surface area contributed by atoms with Crippen LogP contribution in [0.1, 0.15) is 92.4 Å². The summed E-state index contributed by atoms with van der Waals surface area (Å²) in [7, 11) is 0. The second-order valence-electron chi connectivity index (χ2n) is 13.0. The molecule has 0 aromatic carbocycles. The van der Waals surface area contributed by atoms with E-state index >= 15 is 0 Å². The zero-order valence-electron chi connectivity index (χ0n) is 23.2. The number of ether oxygens (including phenoxy) is 1. The van der Waals surface area contributed by atoms with Crippen molar-refractivity contribution in [3.05, 3.63) is 47.6 Å². The fourth-order valence-electron chi connectivity index (χ4n) is 8.10. The molecule has 4 fully saturated rings. The molecule has 0 radical (unpaired) electrons. The van der Waals surface area contributed by atoms with Crippen molar-refractivity contribution >= 4 is 5.97 Å². The van der Waals surface area contributed by atoms with Gasteiger partial charge < -0.3 is 14.9 Å². The molecule has 4 aliphatic rings. The first-order valence-corrected chi connectivity index (χ1v) is 14.3. The van der Waals surface area contributed by atoms with Gasteiger partial charge in [-0.2, -0.15) is 0 Å². The summed E-state index contributed by atoms with van der Waals surface area (Å²) in [6, 6.07) is 0. The molecule has 8 atom stereocenters. The van der Waals surface area contributed by atoms with Crippen LogP contribution in [0.25, 0.3) is 0 Å². The molecule has 0 unspecified atom stereocenters.